The molecule has 1 aromatic carbocycles. The van der Waals surface area contributed by atoms with E-state index in [9.17, 15) is 8.42 Å². The summed E-state index contributed by atoms with van der Waals surface area (Å²) >= 11 is 0. The second-order valence-electron chi connectivity index (χ2n) is 4.03. The molecular formula is C12H21N3O4S. The van der Waals surface area contributed by atoms with Crippen molar-refractivity contribution in [3.63, 3.8) is 0 Å². The van der Waals surface area contributed by atoms with E-state index in [0.29, 0.717) is 18.9 Å². The summed E-state index contributed by atoms with van der Waals surface area (Å²) in [5.74, 6) is 5.37. The molecule has 1 rings (SSSR count). The van der Waals surface area contributed by atoms with Gasteiger partial charge in [0.2, 0.25) is 10.0 Å². The number of sulfonamides is 1. The van der Waals surface area contributed by atoms with Gasteiger partial charge in [0, 0.05) is 27.3 Å². The lowest BCUT2D eigenvalue weighted by atomic mass is 10.3. The number of nitrogens with one attached hydrogen (secondary N) is 1. The molecule has 0 saturated carbocycles. The monoisotopic (exact) mass is 303 g/mol. The molecule has 0 saturated heterocycles. The lowest BCUT2D eigenvalue weighted by Gasteiger charge is -2.22. The molecule has 0 amide bonds. The number of benzene rings is 1. The average Bonchev–Trinajstić information content (AvgIpc) is 2.47. The van der Waals surface area contributed by atoms with Crippen LogP contribution in [0.15, 0.2) is 29.2 Å². The number of hydrogen-bond acceptors (Lipinski definition) is 6. The van der Waals surface area contributed by atoms with Gasteiger partial charge in [-0.1, -0.05) is 12.1 Å². The Balaban J connectivity index is 3.07. The molecule has 0 spiro atoms. The van der Waals surface area contributed by atoms with Crippen LogP contribution in [0.2, 0.25) is 0 Å². The Kier molecular flexibility index (Phi) is 6.89. The van der Waals surface area contributed by atoms with Gasteiger partial charge < -0.3 is 14.9 Å². The van der Waals surface area contributed by atoms with Crippen LogP contribution >= 0.6 is 0 Å². The van der Waals surface area contributed by atoms with E-state index >= 15 is 0 Å². The summed E-state index contributed by atoms with van der Waals surface area (Å²) in [7, 11) is -0.609. The topological polar surface area (TPSA) is 93.9 Å². The van der Waals surface area contributed by atoms with Gasteiger partial charge in [-0.25, -0.2) is 8.42 Å². The summed E-state index contributed by atoms with van der Waals surface area (Å²) in [6, 6.07) is 6.48. The smallest absolute Gasteiger partial charge is 0.245 e. The van der Waals surface area contributed by atoms with E-state index in [0.717, 1.165) is 0 Å². The van der Waals surface area contributed by atoms with Crippen molar-refractivity contribution in [3.8, 4) is 0 Å². The third-order valence-corrected chi connectivity index (χ3v) is 4.71. The molecule has 1 aromatic rings. The standard InChI is InChI=1S/C12H21N3O4S/c1-18-9-7-15(8-10-19-2)20(16,17)12-6-4-3-5-11(12)14-13/h3-6,14H,7-10,13H2,1-2H3. The van der Waals surface area contributed by atoms with Gasteiger partial charge in [0.05, 0.1) is 18.9 Å². The maximum Gasteiger partial charge on any atom is 0.245 e. The molecule has 0 atom stereocenters. The van der Waals surface area contributed by atoms with Crippen molar-refractivity contribution >= 4 is 15.7 Å². The van der Waals surface area contributed by atoms with E-state index in [1.807, 2.05) is 0 Å². The van der Waals surface area contributed by atoms with E-state index in [4.69, 9.17) is 15.3 Å². The Morgan fingerprint density at radius 1 is 1.15 bits per heavy atom. The number of hydrogen-bond donors (Lipinski definition) is 2. The van der Waals surface area contributed by atoms with Gasteiger partial charge in [0.15, 0.2) is 0 Å². The van der Waals surface area contributed by atoms with Gasteiger partial charge in [-0.2, -0.15) is 4.31 Å². The fourth-order valence-electron chi connectivity index (χ4n) is 1.69. The molecule has 8 heteroatoms. The third-order valence-electron chi connectivity index (χ3n) is 2.75. The molecule has 0 unspecified atom stereocenters. The highest BCUT2D eigenvalue weighted by Gasteiger charge is 2.26. The Bertz CT molecular complexity index is 499. The number of rotatable bonds is 9. The minimum Gasteiger partial charge on any atom is -0.383 e. The highest BCUT2D eigenvalue weighted by atomic mass is 32.2. The lowest BCUT2D eigenvalue weighted by molar-refractivity contribution is 0.150. The zero-order valence-electron chi connectivity index (χ0n) is 11.7. The summed E-state index contributed by atoms with van der Waals surface area (Å²) in [5.41, 5.74) is 2.75. The molecule has 20 heavy (non-hydrogen) atoms. The Hall–Kier alpha value is -1.19. The van der Waals surface area contributed by atoms with Crippen LogP contribution in [-0.4, -0.2) is 53.2 Å². The first-order valence-corrected chi connectivity index (χ1v) is 7.55. The largest absolute Gasteiger partial charge is 0.383 e. The maximum atomic E-state index is 12.6. The molecule has 0 aliphatic carbocycles. The normalized spacial score (nSPS) is 11.8. The van der Waals surface area contributed by atoms with Gasteiger partial charge in [0.1, 0.15) is 4.90 Å². The molecule has 3 N–H and O–H groups in total. The number of ether oxygens (including phenoxy) is 2. The van der Waals surface area contributed by atoms with Crippen molar-refractivity contribution in [2.45, 2.75) is 4.90 Å². The van der Waals surface area contributed by atoms with Gasteiger partial charge in [-0.3, -0.25) is 5.84 Å². The number of hydrazine groups is 1. The minimum atomic E-state index is -3.66. The van der Waals surface area contributed by atoms with Crippen LogP contribution in [0.1, 0.15) is 0 Å². The summed E-state index contributed by atoms with van der Waals surface area (Å²) in [5, 5.41) is 0. The maximum absolute atomic E-state index is 12.6. The first-order valence-electron chi connectivity index (χ1n) is 6.11. The third kappa shape index (κ3) is 4.15. The van der Waals surface area contributed by atoms with Crippen LogP contribution in [0.25, 0.3) is 0 Å². The van der Waals surface area contributed by atoms with Crippen molar-refractivity contribution < 1.29 is 17.9 Å². The van der Waals surface area contributed by atoms with Crippen LogP contribution < -0.4 is 11.3 Å². The van der Waals surface area contributed by atoms with Gasteiger partial charge in [-0.05, 0) is 12.1 Å². The van der Waals surface area contributed by atoms with E-state index in [1.165, 1.54) is 24.6 Å². The Morgan fingerprint density at radius 2 is 1.70 bits per heavy atom. The molecule has 0 radical (unpaired) electrons. The molecule has 0 fully saturated rings. The first kappa shape index (κ1) is 16.9. The number of nitrogens with two attached hydrogens (primary N) is 1. The second kappa shape index (κ2) is 8.18. The fraction of sp³-hybridized carbons (Fsp3) is 0.500. The molecule has 0 aromatic heterocycles. The van der Waals surface area contributed by atoms with Crippen molar-refractivity contribution in [1.82, 2.24) is 4.31 Å². The van der Waals surface area contributed by atoms with Crippen LogP contribution in [0.5, 0.6) is 0 Å². The SMILES string of the molecule is COCCN(CCOC)S(=O)(=O)c1ccccc1NN. The highest BCUT2D eigenvalue weighted by Crippen LogP contribution is 2.23. The van der Waals surface area contributed by atoms with Crippen LogP contribution in [-0.2, 0) is 19.5 Å². The van der Waals surface area contributed by atoms with Gasteiger partial charge in [0.25, 0.3) is 0 Å². The van der Waals surface area contributed by atoms with Crippen molar-refractivity contribution in [1.29, 1.82) is 0 Å². The summed E-state index contributed by atoms with van der Waals surface area (Å²) < 4.78 is 36.5. The van der Waals surface area contributed by atoms with E-state index in [-0.39, 0.29) is 18.0 Å². The quantitative estimate of drug-likeness (QED) is 0.502. The van der Waals surface area contributed by atoms with Crippen molar-refractivity contribution in [3.05, 3.63) is 24.3 Å². The van der Waals surface area contributed by atoms with E-state index < -0.39 is 10.0 Å². The molecule has 0 aliphatic heterocycles. The van der Waals surface area contributed by atoms with Crippen LogP contribution in [0.3, 0.4) is 0 Å². The minimum absolute atomic E-state index is 0.134. The van der Waals surface area contributed by atoms with Crippen molar-refractivity contribution in [2.75, 3.05) is 45.9 Å². The predicted molar refractivity (Wildman–Crippen MR) is 76.8 cm³/mol. The molecule has 0 aliphatic rings. The Labute approximate surface area is 119 Å². The van der Waals surface area contributed by atoms with Crippen LogP contribution in [0.4, 0.5) is 5.69 Å². The summed E-state index contributed by atoms with van der Waals surface area (Å²) in [4.78, 5) is 0.134. The number of para-hydroxylation sites is 1. The zero-order chi connectivity index (χ0) is 15.0. The van der Waals surface area contributed by atoms with E-state index in [1.54, 1.807) is 18.2 Å². The molecular weight excluding hydrogens is 282 g/mol. The van der Waals surface area contributed by atoms with E-state index in [2.05, 4.69) is 5.43 Å². The Morgan fingerprint density at radius 3 is 2.20 bits per heavy atom. The average molecular weight is 303 g/mol. The first-order chi connectivity index (χ1) is 9.57. The molecule has 0 heterocycles. The second-order valence-corrected chi connectivity index (χ2v) is 5.94. The predicted octanol–water partition coefficient (Wildman–Crippen LogP) is 0.256. The zero-order valence-corrected chi connectivity index (χ0v) is 12.5. The molecule has 0 bridgehead atoms. The van der Waals surface area contributed by atoms with Gasteiger partial charge in [-0.15, -0.1) is 0 Å². The number of anilines is 1. The highest BCUT2D eigenvalue weighted by molar-refractivity contribution is 7.89. The molecule has 7 nitrogen and oxygen atoms in total. The summed E-state index contributed by atoms with van der Waals surface area (Å²) in [6.07, 6.45) is 0. The number of nitrogen functional groups attached to an aromatic ring is 1. The van der Waals surface area contributed by atoms with Gasteiger partial charge >= 0.3 is 0 Å². The molecule has 114 valence electrons. The van der Waals surface area contributed by atoms with Crippen molar-refractivity contribution in [2.24, 2.45) is 5.84 Å². The number of nitrogens with zero attached hydrogens (tertiary/aromatic N) is 1. The number of methoxy groups -OCH3 is 2. The summed E-state index contributed by atoms with van der Waals surface area (Å²) in [6.45, 7) is 1.12. The fourth-order valence-corrected chi connectivity index (χ4v) is 3.25. The van der Waals surface area contributed by atoms with Crippen LogP contribution in [0, 0.1) is 0 Å². The lowest BCUT2D eigenvalue weighted by Crippen LogP contribution is -2.37.